The van der Waals surface area contributed by atoms with Crippen LogP contribution in [0.1, 0.15) is 33.9 Å². The molecule has 2 aromatic carbocycles. The van der Waals surface area contributed by atoms with Crippen LogP contribution in [0.25, 0.3) is 0 Å². The molecule has 0 bridgehead atoms. The third kappa shape index (κ3) is 2.29. The summed E-state index contributed by atoms with van der Waals surface area (Å²) in [4.78, 5) is 0. The van der Waals surface area contributed by atoms with E-state index in [1.165, 1.54) is 6.07 Å². The Kier molecular flexibility index (Phi) is 3.48. The lowest BCUT2D eigenvalue weighted by molar-refractivity contribution is 0.213. The molecule has 1 atom stereocenters. The van der Waals surface area contributed by atoms with Crippen molar-refractivity contribution in [3.8, 4) is 0 Å². The van der Waals surface area contributed by atoms with Crippen molar-refractivity contribution >= 4 is 0 Å². The zero-order valence-corrected chi connectivity index (χ0v) is 10.9. The first kappa shape index (κ1) is 12.8. The van der Waals surface area contributed by atoms with Gasteiger partial charge in [-0.2, -0.15) is 0 Å². The van der Waals surface area contributed by atoms with Gasteiger partial charge in [-0.15, -0.1) is 0 Å². The van der Waals surface area contributed by atoms with Crippen LogP contribution in [0.2, 0.25) is 0 Å². The Hall–Kier alpha value is -1.67. The molecule has 0 aliphatic carbocycles. The first-order valence-corrected chi connectivity index (χ1v) is 6.01. The SMILES string of the molecule is Cc1cc(C)c(C(O)c2ccccc2C)c(F)c1. The van der Waals surface area contributed by atoms with E-state index in [0.29, 0.717) is 5.56 Å². The molecule has 0 fully saturated rings. The summed E-state index contributed by atoms with van der Waals surface area (Å²) in [6, 6.07) is 10.9. The molecule has 0 aromatic heterocycles. The second-order valence-electron chi connectivity index (χ2n) is 4.74. The number of aryl methyl sites for hydroxylation is 3. The smallest absolute Gasteiger partial charge is 0.129 e. The fourth-order valence-corrected chi connectivity index (χ4v) is 2.32. The van der Waals surface area contributed by atoms with Crippen LogP contribution in [0.5, 0.6) is 0 Å². The van der Waals surface area contributed by atoms with Gasteiger partial charge in [0, 0.05) is 5.56 Å². The highest BCUT2D eigenvalue weighted by molar-refractivity contribution is 5.41. The molecule has 1 unspecified atom stereocenters. The molecule has 0 heterocycles. The van der Waals surface area contributed by atoms with Crippen LogP contribution in [-0.4, -0.2) is 5.11 Å². The first-order valence-electron chi connectivity index (χ1n) is 6.01. The number of rotatable bonds is 2. The fourth-order valence-electron chi connectivity index (χ4n) is 2.32. The topological polar surface area (TPSA) is 20.2 Å². The van der Waals surface area contributed by atoms with Crippen LogP contribution in [-0.2, 0) is 0 Å². The summed E-state index contributed by atoms with van der Waals surface area (Å²) in [6.07, 6.45) is -0.910. The molecular formula is C16H17FO. The number of aliphatic hydroxyl groups excluding tert-OH is 1. The van der Waals surface area contributed by atoms with Crippen molar-refractivity contribution in [3.05, 3.63) is 70.0 Å². The van der Waals surface area contributed by atoms with Crippen LogP contribution >= 0.6 is 0 Å². The first-order chi connectivity index (χ1) is 8.50. The highest BCUT2D eigenvalue weighted by Gasteiger charge is 2.19. The zero-order valence-electron chi connectivity index (χ0n) is 10.9. The van der Waals surface area contributed by atoms with Gasteiger partial charge in [0.1, 0.15) is 11.9 Å². The van der Waals surface area contributed by atoms with Crippen LogP contribution in [0.3, 0.4) is 0 Å². The number of hydrogen-bond donors (Lipinski definition) is 1. The molecule has 1 N–H and O–H groups in total. The van der Waals surface area contributed by atoms with Crippen molar-refractivity contribution in [1.82, 2.24) is 0 Å². The van der Waals surface area contributed by atoms with Crippen LogP contribution in [0.15, 0.2) is 36.4 Å². The Morgan fingerprint density at radius 1 is 1.00 bits per heavy atom. The molecule has 0 radical (unpaired) electrons. The van der Waals surface area contributed by atoms with Crippen molar-refractivity contribution in [2.45, 2.75) is 26.9 Å². The molecule has 0 aliphatic heterocycles. The van der Waals surface area contributed by atoms with Gasteiger partial charge in [-0.3, -0.25) is 0 Å². The summed E-state index contributed by atoms with van der Waals surface area (Å²) in [5.41, 5.74) is 3.73. The minimum atomic E-state index is -0.910. The monoisotopic (exact) mass is 244 g/mol. The van der Waals surface area contributed by atoms with E-state index in [2.05, 4.69) is 0 Å². The molecule has 94 valence electrons. The minimum absolute atomic E-state index is 0.344. The molecule has 2 rings (SSSR count). The van der Waals surface area contributed by atoms with Crippen molar-refractivity contribution < 1.29 is 9.50 Å². The minimum Gasteiger partial charge on any atom is -0.384 e. The van der Waals surface area contributed by atoms with E-state index < -0.39 is 6.10 Å². The molecule has 0 saturated carbocycles. The van der Waals surface area contributed by atoms with E-state index in [1.807, 2.05) is 51.1 Å². The quantitative estimate of drug-likeness (QED) is 0.851. The van der Waals surface area contributed by atoms with E-state index in [0.717, 1.165) is 22.3 Å². The number of halogens is 1. The Labute approximate surface area is 107 Å². The molecule has 2 aromatic rings. The lowest BCUT2D eigenvalue weighted by Crippen LogP contribution is -2.07. The number of aliphatic hydroxyl groups is 1. The van der Waals surface area contributed by atoms with Gasteiger partial charge in [0.2, 0.25) is 0 Å². The Balaban J connectivity index is 2.53. The van der Waals surface area contributed by atoms with Gasteiger partial charge < -0.3 is 5.11 Å². The van der Waals surface area contributed by atoms with E-state index in [-0.39, 0.29) is 5.82 Å². The van der Waals surface area contributed by atoms with Gasteiger partial charge in [0.15, 0.2) is 0 Å². The summed E-state index contributed by atoms with van der Waals surface area (Å²) < 4.78 is 14.0. The molecule has 0 aliphatic rings. The third-order valence-corrected chi connectivity index (χ3v) is 3.24. The van der Waals surface area contributed by atoms with Gasteiger partial charge >= 0.3 is 0 Å². The molecule has 0 saturated heterocycles. The Bertz CT molecular complexity index is 552. The predicted octanol–water partition coefficient (Wildman–Crippen LogP) is 3.83. The zero-order chi connectivity index (χ0) is 13.3. The number of hydrogen-bond acceptors (Lipinski definition) is 1. The highest BCUT2D eigenvalue weighted by Crippen LogP contribution is 2.29. The maximum atomic E-state index is 14.0. The fraction of sp³-hybridized carbons (Fsp3) is 0.250. The van der Waals surface area contributed by atoms with Gasteiger partial charge in [-0.25, -0.2) is 4.39 Å². The summed E-state index contributed by atoms with van der Waals surface area (Å²) in [5, 5.41) is 10.4. The molecule has 1 nitrogen and oxygen atoms in total. The molecule has 0 spiro atoms. The number of benzene rings is 2. The lowest BCUT2D eigenvalue weighted by atomic mass is 9.93. The molecule has 18 heavy (non-hydrogen) atoms. The van der Waals surface area contributed by atoms with Gasteiger partial charge in [0.25, 0.3) is 0 Å². The van der Waals surface area contributed by atoms with E-state index in [9.17, 15) is 9.50 Å². The van der Waals surface area contributed by atoms with Gasteiger partial charge in [-0.1, -0.05) is 30.3 Å². The van der Waals surface area contributed by atoms with Crippen LogP contribution in [0, 0.1) is 26.6 Å². The molecule has 0 amide bonds. The largest absolute Gasteiger partial charge is 0.384 e. The summed E-state index contributed by atoms with van der Waals surface area (Å²) in [5.74, 6) is -0.344. The molecule has 2 heteroatoms. The van der Waals surface area contributed by atoms with Crippen LogP contribution in [0.4, 0.5) is 4.39 Å². The standard InChI is InChI=1S/C16H17FO/c1-10-8-12(3)15(14(17)9-10)16(18)13-7-5-4-6-11(13)2/h4-9,16,18H,1-3H3. The summed E-state index contributed by atoms with van der Waals surface area (Å²) >= 11 is 0. The van der Waals surface area contributed by atoms with Gasteiger partial charge in [-0.05, 0) is 49.1 Å². The van der Waals surface area contributed by atoms with Crippen molar-refractivity contribution in [2.75, 3.05) is 0 Å². The summed E-state index contributed by atoms with van der Waals surface area (Å²) in [7, 11) is 0. The van der Waals surface area contributed by atoms with E-state index >= 15 is 0 Å². The summed E-state index contributed by atoms with van der Waals surface area (Å²) in [6.45, 7) is 5.59. The Morgan fingerprint density at radius 2 is 1.67 bits per heavy atom. The maximum absolute atomic E-state index is 14.0. The highest BCUT2D eigenvalue weighted by atomic mass is 19.1. The van der Waals surface area contributed by atoms with E-state index in [4.69, 9.17) is 0 Å². The Morgan fingerprint density at radius 3 is 2.28 bits per heavy atom. The van der Waals surface area contributed by atoms with Crippen molar-refractivity contribution in [1.29, 1.82) is 0 Å². The van der Waals surface area contributed by atoms with Crippen molar-refractivity contribution in [2.24, 2.45) is 0 Å². The second-order valence-corrected chi connectivity index (χ2v) is 4.74. The average Bonchev–Trinajstić information content (AvgIpc) is 2.27. The predicted molar refractivity (Wildman–Crippen MR) is 71.1 cm³/mol. The average molecular weight is 244 g/mol. The van der Waals surface area contributed by atoms with Gasteiger partial charge in [0.05, 0.1) is 0 Å². The third-order valence-electron chi connectivity index (χ3n) is 3.24. The van der Waals surface area contributed by atoms with Crippen LogP contribution < -0.4 is 0 Å². The second kappa shape index (κ2) is 4.91. The van der Waals surface area contributed by atoms with E-state index in [1.54, 1.807) is 0 Å². The lowest BCUT2D eigenvalue weighted by Gasteiger charge is -2.17. The maximum Gasteiger partial charge on any atom is 0.129 e. The molecular weight excluding hydrogens is 227 g/mol. The van der Waals surface area contributed by atoms with Crippen molar-refractivity contribution in [3.63, 3.8) is 0 Å². The normalized spacial score (nSPS) is 12.5.